The minimum Gasteiger partial charge on any atom is -0.369 e. The second-order valence-electron chi connectivity index (χ2n) is 9.04. The minimum atomic E-state index is -0.308. The lowest BCUT2D eigenvalue weighted by atomic mass is 9.51. The van der Waals surface area contributed by atoms with Crippen LogP contribution in [0.25, 0.3) is 0 Å². The van der Waals surface area contributed by atoms with Gasteiger partial charge >= 0.3 is 6.03 Å². The van der Waals surface area contributed by atoms with Crippen molar-refractivity contribution in [1.29, 1.82) is 0 Å². The normalized spacial score (nSPS) is 27.2. The fourth-order valence-electron chi connectivity index (χ4n) is 5.24. The lowest BCUT2D eigenvalue weighted by Crippen LogP contribution is -2.53. The summed E-state index contributed by atoms with van der Waals surface area (Å²) in [6.45, 7) is 2.42. The third kappa shape index (κ3) is 2.87. The molecule has 0 unspecified atom stereocenters. The van der Waals surface area contributed by atoms with Gasteiger partial charge in [-0.25, -0.2) is 4.79 Å². The van der Waals surface area contributed by atoms with Crippen molar-refractivity contribution in [1.82, 2.24) is 19.8 Å². The fraction of sp³-hybridized carbons (Fsp3) is 0.700. The molecule has 3 amide bonds. The molecule has 4 fully saturated rings. The van der Waals surface area contributed by atoms with Gasteiger partial charge in [0.2, 0.25) is 5.91 Å². The molecule has 1 atom stereocenters. The summed E-state index contributed by atoms with van der Waals surface area (Å²) in [5.41, 5.74) is 8.12. The smallest absolute Gasteiger partial charge is 0.320 e. The van der Waals surface area contributed by atoms with Crippen LogP contribution in [-0.4, -0.2) is 57.9 Å². The van der Waals surface area contributed by atoms with Crippen LogP contribution in [0.3, 0.4) is 0 Å². The number of likely N-dealkylation sites (tertiary alicyclic amines) is 2. The lowest BCUT2D eigenvalue weighted by molar-refractivity contribution is -0.121. The second kappa shape index (κ2) is 6.17. The van der Waals surface area contributed by atoms with Crippen LogP contribution < -0.4 is 5.73 Å². The SMILES string of the molecule is NC(=O)[C@H]1CCN(C(=O)N2CC(c3cnc(C4CC5(CCC5)C4)cn3)C2)C1. The van der Waals surface area contributed by atoms with Gasteiger partial charge in [-0.2, -0.15) is 0 Å². The molecular weight excluding hydrogens is 342 g/mol. The Labute approximate surface area is 159 Å². The maximum Gasteiger partial charge on any atom is 0.320 e. The van der Waals surface area contributed by atoms with Gasteiger partial charge in [0, 0.05) is 50.4 Å². The molecule has 2 saturated carbocycles. The van der Waals surface area contributed by atoms with Gasteiger partial charge < -0.3 is 15.5 Å². The van der Waals surface area contributed by atoms with Gasteiger partial charge in [0.05, 0.1) is 17.3 Å². The third-order valence-corrected chi connectivity index (χ3v) is 7.31. The molecule has 5 rings (SSSR count). The highest BCUT2D eigenvalue weighted by Gasteiger charge is 2.49. The zero-order valence-electron chi connectivity index (χ0n) is 15.6. The molecule has 1 aromatic heterocycles. The van der Waals surface area contributed by atoms with Crippen LogP contribution in [0.4, 0.5) is 4.79 Å². The van der Waals surface area contributed by atoms with Crippen molar-refractivity contribution in [3.8, 4) is 0 Å². The zero-order valence-corrected chi connectivity index (χ0v) is 15.6. The zero-order chi connectivity index (χ0) is 18.6. The summed E-state index contributed by atoms with van der Waals surface area (Å²) in [7, 11) is 0. The first-order chi connectivity index (χ1) is 13.0. The van der Waals surface area contributed by atoms with Crippen molar-refractivity contribution in [2.45, 2.75) is 50.4 Å². The number of primary amides is 1. The summed E-state index contributed by atoms with van der Waals surface area (Å²) in [4.78, 5) is 36.7. The first-order valence-corrected chi connectivity index (χ1v) is 10.2. The monoisotopic (exact) mass is 369 g/mol. The fourth-order valence-corrected chi connectivity index (χ4v) is 5.24. The first-order valence-electron chi connectivity index (χ1n) is 10.2. The Morgan fingerprint density at radius 2 is 1.67 bits per heavy atom. The van der Waals surface area contributed by atoms with E-state index in [0.717, 1.165) is 11.4 Å². The van der Waals surface area contributed by atoms with Gasteiger partial charge in [0.1, 0.15) is 0 Å². The van der Waals surface area contributed by atoms with Crippen molar-refractivity contribution < 1.29 is 9.59 Å². The van der Waals surface area contributed by atoms with E-state index in [1.165, 1.54) is 32.1 Å². The molecule has 27 heavy (non-hydrogen) atoms. The number of carbonyl (C=O) groups excluding carboxylic acids is 2. The number of carbonyl (C=O) groups is 2. The van der Waals surface area contributed by atoms with E-state index in [0.29, 0.717) is 43.9 Å². The lowest BCUT2D eigenvalue weighted by Gasteiger charge is -2.54. The Bertz CT molecular complexity index is 746. The Morgan fingerprint density at radius 1 is 1.00 bits per heavy atom. The summed E-state index contributed by atoms with van der Waals surface area (Å²) < 4.78 is 0. The summed E-state index contributed by atoms with van der Waals surface area (Å²) in [5, 5.41) is 0. The molecule has 1 aromatic rings. The van der Waals surface area contributed by atoms with E-state index in [9.17, 15) is 9.59 Å². The molecular formula is C20H27N5O2. The number of hydrogen-bond acceptors (Lipinski definition) is 4. The van der Waals surface area contributed by atoms with Gasteiger partial charge in [0.15, 0.2) is 0 Å². The molecule has 144 valence electrons. The van der Waals surface area contributed by atoms with Crippen molar-refractivity contribution in [3.63, 3.8) is 0 Å². The minimum absolute atomic E-state index is 0.0137. The van der Waals surface area contributed by atoms with Gasteiger partial charge in [-0.1, -0.05) is 6.42 Å². The van der Waals surface area contributed by atoms with E-state index in [-0.39, 0.29) is 23.8 Å². The summed E-state index contributed by atoms with van der Waals surface area (Å²) in [6, 6.07) is 0.0137. The average Bonchev–Trinajstić information content (AvgIpc) is 3.02. The van der Waals surface area contributed by atoms with Crippen LogP contribution in [0.15, 0.2) is 12.4 Å². The molecule has 1 spiro atoms. The van der Waals surface area contributed by atoms with Crippen LogP contribution in [-0.2, 0) is 4.79 Å². The van der Waals surface area contributed by atoms with Crippen molar-refractivity contribution in [2.75, 3.05) is 26.2 Å². The standard InChI is InChI=1S/C20H27N5O2/c21-18(26)13-2-5-24(10-13)19(27)25-11-15(12-25)17-9-22-16(8-23-17)14-6-20(7-14)3-1-4-20/h8-9,13-15H,1-7,10-12H2,(H2,21,26)/t13-/m0/s1. The molecule has 2 aliphatic heterocycles. The average molecular weight is 369 g/mol. The van der Waals surface area contributed by atoms with Gasteiger partial charge in [0.25, 0.3) is 0 Å². The number of rotatable bonds is 3. The van der Waals surface area contributed by atoms with E-state index in [2.05, 4.69) is 9.97 Å². The quantitative estimate of drug-likeness (QED) is 0.880. The highest BCUT2D eigenvalue weighted by Crippen LogP contribution is 2.61. The largest absolute Gasteiger partial charge is 0.369 e. The Kier molecular flexibility index (Phi) is 3.88. The Balaban J connectivity index is 1.12. The maximum absolute atomic E-state index is 12.5. The van der Waals surface area contributed by atoms with E-state index < -0.39 is 0 Å². The third-order valence-electron chi connectivity index (χ3n) is 7.31. The van der Waals surface area contributed by atoms with Crippen LogP contribution in [0.5, 0.6) is 0 Å². The molecule has 0 bridgehead atoms. The highest BCUT2D eigenvalue weighted by atomic mass is 16.2. The van der Waals surface area contributed by atoms with E-state index >= 15 is 0 Å². The second-order valence-corrected chi connectivity index (χ2v) is 9.04. The predicted molar refractivity (Wildman–Crippen MR) is 98.9 cm³/mol. The van der Waals surface area contributed by atoms with Crippen LogP contribution in [0.2, 0.25) is 0 Å². The number of urea groups is 1. The van der Waals surface area contributed by atoms with Crippen molar-refractivity contribution in [2.24, 2.45) is 17.1 Å². The molecule has 7 nitrogen and oxygen atoms in total. The first kappa shape index (κ1) is 17.0. The number of hydrogen-bond donors (Lipinski definition) is 1. The summed E-state index contributed by atoms with van der Waals surface area (Å²) in [6.07, 6.45) is 11.3. The summed E-state index contributed by atoms with van der Waals surface area (Å²) >= 11 is 0. The molecule has 0 aromatic carbocycles. The van der Waals surface area contributed by atoms with E-state index in [1.807, 2.05) is 17.3 Å². The van der Waals surface area contributed by atoms with Crippen molar-refractivity contribution in [3.05, 3.63) is 23.8 Å². The Hall–Kier alpha value is -2.18. The number of aromatic nitrogens is 2. The van der Waals surface area contributed by atoms with Crippen molar-refractivity contribution >= 4 is 11.9 Å². The topological polar surface area (TPSA) is 92.4 Å². The molecule has 4 aliphatic rings. The van der Waals surface area contributed by atoms with Crippen LogP contribution in [0.1, 0.15) is 61.7 Å². The number of amides is 3. The summed E-state index contributed by atoms with van der Waals surface area (Å²) in [5.74, 6) is 0.357. The van der Waals surface area contributed by atoms with Gasteiger partial charge in [-0.15, -0.1) is 0 Å². The molecule has 2 saturated heterocycles. The molecule has 0 radical (unpaired) electrons. The number of nitrogens with two attached hydrogens (primary N) is 1. The highest BCUT2D eigenvalue weighted by molar-refractivity contribution is 5.80. The number of nitrogens with zero attached hydrogens (tertiary/aromatic N) is 4. The Morgan fingerprint density at radius 3 is 2.19 bits per heavy atom. The van der Waals surface area contributed by atoms with Crippen LogP contribution >= 0.6 is 0 Å². The molecule has 7 heteroatoms. The predicted octanol–water partition coefficient (Wildman–Crippen LogP) is 1.85. The van der Waals surface area contributed by atoms with E-state index in [1.54, 1.807) is 4.90 Å². The van der Waals surface area contributed by atoms with Gasteiger partial charge in [-0.3, -0.25) is 14.8 Å². The molecule has 2 N–H and O–H groups in total. The molecule has 2 aliphatic carbocycles. The van der Waals surface area contributed by atoms with E-state index in [4.69, 9.17) is 5.73 Å². The molecule has 3 heterocycles. The van der Waals surface area contributed by atoms with Gasteiger partial charge in [-0.05, 0) is 37.5 Å². The van der Waals surface area contributed by atoms with Crippen LogP contribution in [0, 0.1) is 11.3 Å². The maximum atomic E-state index is 12.5.